The number of unbranched alkanes of at least 4 members (excludes halogenated alkanes) is 48. The first-order chi connectivity index (χ1) is 48.7. The molecule has 2 unspecified atom stereocenters. The van der Waals surface area contributed by atoms with E-state index < -0.39 is 97.5 Å². The molecule has 600 valence electrons. The first-order valence-electron chi connectivity index (χ1n) is 42.3. The smallest absolute Gasteiger partial charge is 0.462 e. The van der Waals surface area contributed by atoms with Gasteiger partial charge >= 0.3 is 39.5 Å². The van der Waals surface area contributed by atoms with Crippen molar-refractivity contribution in [2.75, 3.05) is 39.6 Å². The zero-order chi connectivity index (χ0) is 74.4. The Morgan fingerprint density at radius 3 is 0.673 bits per heavy atom. The number of phosphoric acid groups is 2. The van der Waals surface area contributed by atoms with E-state index in [2.05, 4.69) is 48.5 Å². The van der Waals surface area contributed by atoms with Crippen LogP contribution in [-0.4, -0.2) is 96.7 Å². The van der Waals surface area contributed by atoms with Crippen molar-refractivity contribution in [3.05, 3.63) is 0 Å². The lowest BCUT2D eigenvalue weighted by Gasteiger charge is -2.21. The number of aliphatic hydroxyl groups excluding tert-OH is 1. The van der Waals surface area contributed by atoms with Crippen molar-refractivity contribution in [3.8, 4) is 0 Å². The zero-order valence-corrected chi connectivity index (χ0v) is 68.2. The summed E-state index contributed by atoms with van der Waals surface area (Å²) in [5, 5.41) is 10.7. The highest BCUT2D eigenvalue weighted by atomic mass is 31.2. The predicted octanol–water partition coefficient (Wildman–Crippen LogP) is 24.5. The first-order valence-corrected chi connectivity index (χ1v) is 45.3. The Kier molecular flexibility index (Phi) is 70.9. The lowest BCUT2D eigenvalue weighted by atomic mass is 10.0. The minimum Gasteiger partial charge on any atom is -0.462 e. The monoisotopic (exact) mass is 1480 g/mol. The lowest BCUT2D eigenvalue weighted by Crippen LogP contribution is -2.30. The zero-order valence-electron chi connectivity index (χ0n) is 66.4. The van der Waals surface area contributed by atoms with Crippen LogP contribution in [0.15, 0.2) is 0 Å². The van der Waals surface area contributed by atoms with Gasteiger partial charge in [0, 0.05) is 25.7 Å². The Balaban J connectivity index is 5.26. The molecule has 0 aliphatic rings. The van der Waals surface area contributed by atoms with Crippen molar-refractivity contribution in [2.24, 2.45) is 17.8 Å². The number of carbonyl (C=O) groups is 4. The van der Waals surface area contributed by atoms with Crippen LogP contribution >= 0.6 is 15.6 Å². The second kappa shape index (κ2) is 72.3. The molecular formula is C82H160O17P2. The third kappa shape index (κ3) is 76.1. The average molecular weight is 1480 g/mol. The number of hydrogen-bond donors (Lipinski definition) is 3. The molecule has 0 heterocycles. The van der Waals surface area contributed by atoms with Crippen LogP contribution in [-0.2, 0) is 65.4 Å². The highest BCUT2D eigenvalue weighted by Gasteiger charge is 2.30. The molecule has 0 bridgehead atoms. The normalized spacial score (nSPS) is 14.0. The summed E-state index contributed by atoms with van der Waals surface area (Å²) in [7, 11) is -9.92. The Bertz CT molecular complexity index is 1960. The van der Waals surface area contributed by atoms with Gasteiger partial charge in [0.15, 0.2) is 12.2 Å². The Morgan fingerprint density at radius 1 is 0.267 bits per heavy atom. The van der Waals surface area contributed by atoms with Crippen LogP contribution in [0.3, 0.4) is 0 Å². The molecule has 5 atom stereocenters. The molecule has 0 aromatic carbocycles. The first kappa shape index (κ1) is 99.1. The predicted molar refractivity (Wildman–Crippen MR) is 414 cm³/mol. The molecule has 3 N–H and O–H groups in total. The van der Waals surface area contributed by atoms with E-state index in [1.54, 1.807) is 0 Å². The summed E-state index contributed by atoms with van der Waals surface area (Å²) in [4.78, 5) is 73.1. The number of aliphatic hydroxyl groups is 1. The fourth-order valence-electron chi connectivity index (χ4n) is 12.7. The number of rotatable bonds is 80. The van der Waals surface area contributed by atoms with E-state index in [0.717, 1.165) is 108 Å². The maximum atomic E-state index is 13.1. The van der Waals surface area contributed by atoms with Crippen molar-refractivity contribution in [3.63, 3.8) is 0 Å². The SMILES string of the molecule is CCCCCCCCCCCCCCCCCCCCCC(=O)O[C@H](COC(=O)CCCCCCCCCCCCCCCC(C)C)COP(=O)(O)OC[C@@H](O)COP(=O)(O)OC[C@@H](COC(=O)CCCCCCCCCCCC(C)C)OC(=O)CCCCCCCCCCCCCC(C)C. The van der Waals surface area contributed by atoms with Crippen LogP contribution in [0.4, 0.5) is 0 Å². The van der Waals surface area contributed by atoms with Crippen molar-refractivity contribution >= 4 is 39.5 Å². The minimum absolute atomic E-state index is 0.106. The molecule has 0 spiro atoms. The van der Waals surface area contributed by atoms with Gasteiger partial charge in [-0.1, -0.05) is 376 Å². The van der Waals surface area contributed by atoms with Gasteiger partial charge in [-0.05, 0) is 43.4 Å². The maximum Gasteiger partial charge on any atom is 0.472 e. The third-order valence-corrected chi connectivity index (χ3v) is 21.0. The van der Waals surface area contributed by atoms with Crippen molar-refractivity contribution in [1.29, 1.82) is 0 Å². The van der Waals surface area contributed by atoms with Gasteiger partial charge in [-0.3, -0.25) is 37.3 Å². The lowest BCUT2D eigenvalue weighted by molar-refractivity contribution is -0.161. The van der Waals surface area contributed by atoms with E-state index in [4.69, 9.17) is 37.0 Å². The molecule has 101 heavy (non-hydrogen) atoms. The molecular weight excluding hydrogens is 1320 g/mol. The quantitative estimate of drug-likeness (QED) is 0.0222. The van der Waals surface area contributed by atoms with E-state index in [0.29, 0.717) is 25.7 Å². The van der Waals surface area contributed by atoms with Crippen LogP contribution in [0.1, 0.15) is 427 Å². The van der Waals surface area contributed by atoms with Gasteiger partial charge in [-0.2, -0.15) is 0 Å². The van der Waals surface area contributed by atoms with Crippen molar-refractivity contribution in [1.82, 2.24) is 0 Å². The Labute approximate surface area is 619 Å². The van der Waals surface area contributed by atoms with E-state index in [1.807, 2.05) is 0 Å². The molecule has 17 nitrogen and oxygen atoms in total. The van der Waals surface area contributed by atoms with Gasteiger partial charge in [0.25, 0.3) is 0 Å². The third-order valence-electron chi connectivity index (χ3n) is 19.1. The summed E-state index contributed by atoms with van der Waals surface area (Å²) in [6.45, 7) is 11.9. The molecule has 0 aromatic rings. The summed E-state index contributed by atoms with van der Waals surface area (Å²) >= 11 is 0. The molecule has 0 aliphatic carbocycles. The number of phosphoric ester groups is 2. The van der Waals surface area contributed by atoms with Crippen molar-refractivity contribution in [2.45, 2.75) is 446 Å². The fraction of sp³-hybridized carbons (Fsp3) is 0.951. The van der Waals surface area contributed by atoms with Crippen LogP contribution in [0.2, 0.25) is 0 Å². The number of hydrogen-bond acceptors (Lipinski definition) is 15. The number of esters is 4. The summed E-state index contributed by atoms with van der Waals surface area (Å²) in [6, 6.07) is 0. The standard InChI is InChI=1S/C82H160O17P2/c1-8-9-10-11-12-13-14-15-16-17-18-19-20-23-29-36-44-51-58-65-81(86)98-77(69-92-79(84)63-56-49-42-35-28-24-21-22-26-32-39-46-53-60-73(2)3)71-96-100(88,89)94-67-76(83)68-95-101(90,91)97-72-78(70-93-80(85)64-57-50-43-38-31-34-41-48-55-62-75(6)7)99-82(87)66-59-52-45-37-30-25-27-33-40-47-54-61-74(4)5/h73-78,83H,8-72H2,1-7H3,(H,88,89)(H,90,91)/t76-,77-,78-/m1/s1. The molecule has 0 saturated heterocycles. The van der Waals surface area contributed by atoms with Crippen molar-refractivity contribution < 1.29 is 80.2 Å². The average Bonchev–Trinajstić information content (AvgIpc) is 0.936. The highest BCUT2D eigenvalue weighted by Crippen LogP contribution is 2.45. The summed E-state index contributed by atoms with van der Waals surface area (Å²) in [5.74, 6) is 0.191. The summed E-state index contributed by atoms with van der Waals surface area (Å²) < 4.78 is 68.8. The van der Waals surface area contributed by atoms with Gasteiger partial charge < -0.3 is 33.8 Å². The van der Waals surface area contributed by atoms with Gasteiger partial charge in [0.05, 0.1) is 26.4 Å². The van der Waals surface area contributed by atoms with E-state index >= 15 is 0 Å². The molecule has 0 aliphatic heterocycles. The Morgan fingerprint density at radius 2 is 0.455 bits per heavy atom. The van der Waals surface area contributed by atoms with E-state index in [1.165, 1.54) is 238 Å². The Hall–Kier alpha value is -1.94. The second-order valence-electron chi connectivity index (χ2n) is 30.9. The van der Waals surface area contributed by atoms with Crippen LogP contribution in [0, 0.1) is 17.8 Å². The van der Waals surface area contributed by atoms with Gasteiger partial charge in [-0.25, -0.2) is 9.13 Å². The molecule has 0 amide bonds. The van der Waals surface area contributed by atoms with E-state index in [-0.39, 0.29) is 25.7 Å². The molecule has 19 heteroatoms. The topological polar surface area (TPSA) is 237 Å². The maximum absolute atomic E-state index is 13.1. The van der Waals surface area contributed by atoms with Gasteiger partial charge in [-0.15, -0.1) is 0 Å². The molecule has 0 fully saturated rings. The second-order valence-corrected chi connectivity index (χ2v) is 33.8. The fourth-order valence-corrected chi connectivity index (χ4v) is 14.2. The molecule has 0 saturated carbocycles. The summed E-state index contributed by atoms with van der Waals surface area (Å²) in [6.07, 6.45) is 61.0. The minimum atomic E-state index is -4.96. The number of carbonyl (C=O) groups excluding carboxylic acids is 4. The van der Waals surface area contributed by atoms with Crippen LogP contribution in [0.25, 0.3) is 0 Å². The van der Waals surface area contributed by atoms with Gasteiger partial charge in [0.2, 0.25) is 0 Å². The van der Waals surface area contributed by atoms with Gasteiger partial charge in [0.1, 0.15) is 19.3 Å². The summed E-state index contributed by atoms with van der Waals surface area (Å²) in [5.41, 5.74) is 0. The number of ether oxygens (including phenoxy) is 4. The van der Waals surface area contributed by atoms with Crippen LogP contribution in [0.5, 0.6) is 0 Å². The largest absolute Gasteiger partial charge is 0.472 e. The molecule has 0 aromatic heterocycles. The highest BCUT2D eigenvalue weighted by molar-refractivity contribution is 7.47. The van der Waals surface area contributed by atoms with Crippen LogP contribution < -0.4 is 0 Å². The van der Waals surface area contributed by atoms with E-state index in [9.17, 15) is 43.2 Å². The molecule has 0 radical (unpaired) electrons. The molecule has 0 rings (SSSR count).